The zero-order valence-corrected chi connectivity index (χ0v) is 40.1. The Labute approximate surface area is 439 Å². The second kappa shape index (κ2) is 22.0. The lowest BCUT2D eigenvalue weighted by Gasteiger charge is -2.46. The fraction of sp³-hybridized carbons (Fsp3) is 0.196. The van der Waals surface area contributed by atoms with Gasteiger partial charge in [-0.2, -0.15) is 132 Å². The highest BCUT2D eigenvalue weighted by Crippen LogP contribution is 2.41. The lowest BCUT2D eigenvalue weighted by Crippen LogP contribution is -2.75. The Morgan fingerprint density at radius 1 is 0.412 bits per heavy atom. The number of aromatic nitrogens is 2. The van der Waals surface area contributed by atoms with Crippen molar-refractivity contribution < 1.29 is 115 Å². The van der Waals surface area contributed by atoms with Crippen molar-refractivity contribution in [1.82, 2.24) is 4.98 Å². The first kappa shape index (κ1) is 62.0. The van der Waals surface area contributed by atoms with Gasteiger partial charge in [0.1, 0.15) is 6.15 Å². The van der Waals surface area contributed by atoms with Crippen LogP contribution in [0.25, 0.3) is 0 Å². The highest BCUT2D eigenvalue weighted by molar-refractivity contribution is 7.80. The van der Waals surface area contributed by atoms with Crippen molar-refractivity contribution in [3.63, 3.8) is 0 Å². The maximum atomic E-state index is 14.2. The molecule has 0 bridgehead atoms. The highest BCUT2D eigenvalue weighted by atomic mass is 32.1. The first-order valence-electron chi connectivity index (χ1n) is 22.0. The molecule has 6 aromatic carbocycles. The third-order valence-electron chi connectivity index (χ3n) is 12.1. The van der Waals surface area contributed by atoms with E-state index in [0.29, 0.717) is 13.0 Å². The van der Waals surface area contributed by atoms with E-state index in [9.17, 15) is 110 Å². The van der Waals surface area contributed by atoms with E-state index < -0.39 is 195 Å². The van der Waals surface area contributed by atoms with E-state index in [2.05, 4.69) is 17.6 Å². The molecule has 0 N–H and O–H groups in total. The Morgan fingerprint density at radius 2 is 0.700 bits per heavy atom. The summed E-state index contributed by atoms with van der Waals surface area (Å²) in [5.41, 5.74) is -27.4. The number of nitrogens with zero attached hydrogens (tertiary/aromatic N) is 2. The molecule has 426 valence electrons. The minimum Gasteiger partial charge on any atom is -0.287 e. The van der Waals surface area contributed by atoms with Crippen LogP contribution in [0.15, 0.2) is 151 Å². The van der Waals surface area contributed by atoms with E-state index in [-0.39, 0.29) is 5.78 Å². The molecule has 29 heteroatoms. The molecule has 0 spiro atoms. The molecule has 0 fully saturated rings. The van der Waals surface area contributed by atoms with Gasteiger partial charge in [-0.15, -0.1) is 12.6 Å². The topological polar surface area (TPSA) is 33.8 Å². The summed E-state index contributed by atoms with van der Waals surface area (Å²) in [6.07, 6.45) is -48.8. The molecule has 0 aliphatic rings. The van der Waals surface area contributed by atoms with Crippen molar-refractivity contribution in [3.8, 4) is 0 Å². The van der Waals surface area contributed by atoms with Gasteiger partial charge in [-0.05, 0) is 35.9 Å². The molecule has 3 nitrogen and oxygen atoms in total. The fourth-order valence-electron chi connectivity index (χ4n) is 8.52. The maximum Gasteiger partial charge on any atom is 0.416 e. The number of benzene rings is 6. The molecule has 7 aromatic rings. The van der Waals surface area contributed by atoms with E-state index >= 15 is 0 Å². The summed E-state index contributed by atoms with van der Waals surface area (Å²) in [7, 11) is 0. The molecule has 0 atom stereocenters. The smallest absolute Gasteiger partial charge is 0.287 e. The molecule has 0 aliphatic carbocycles. The number of Topliss-reactive ketones (excluding diaryl/α,β-unsaturated/α-hetero) is 1. The summed E-state index contributed by atoms with van der Waals surface area (Å²) in [5, 5.41) is 0. The van der Waals surface area contributed by atoms with Gasteiger partial charge in [0, 0.05) is 10.5 Å². The minimum absolute atomic E-state index is 0.0854. The number of hydrogen-bond acceptors (Lipinski definition) is 3. The van der Waals surface area contributed by atoms with Gasteiger partial charge in [-0.25, -0.2) is 0 Å². The van der Waals surface area contributed by atoms with Crippen molar-refractivity contribution in [2.24, 2.45) is 0 Å². The van der Waals surface area contributed by atoms with E-state index in [1.807, 2.05) is 65.4 Å². The zero-order valence-electron chi connectivity index (χ0n) is 39.2. The second-order valence-corrected chi connectivity index (χ2v) is 18.0. The van der Waals surface area contributed by atoms with Crippen molar-refractivity contribution in [2.75, 3.05) is 0 Å². The van der Waals surface area contributed by atoms with Crippen LogP contribution < -0.4 is 26.4 Å². The van der Waals surface area contributed by atoms with Gasteiger partial charge in [0.05, 0.1) is 63.3 Å². The van der Waals surface area contributed by atoms with Crippen LogP contribution in [0.2, 0.25) is 0 Å². The lowest BCUT2D eigenvalue weighted by atomic mass is 9.12. The number of halogens is 24. The molecule has 1 heterocycles. The molecule has 0 radical (unpaired) electrons. The average Bonchev–Trinajstić information content (AvgIpc) is 3.47. The number of alkyl halides is 24. The normalized spacial score (nSPS) is 13.2. The first-order chi connectivity index (χ1) is 36.5. The van der Waals surface area contributed by atoms with Crippen molar-refractivity contribution >= 4 is 46.4 Å². The largest absolute Gasteiger partial charge is 0.416 e. The SMILES string of the molecule is FC(F)(F)c1cc([B-](c2cc(C(F)(F)F)cc(C(F)(F)F)c2)(c2cc(C(F)(F)F)cc(C(F)(F)F)c2)c2cc(C(F)(F)F)cc(C(F)(F)F)c2)cc(C(F)(F)F)c1.O=C(C[n+]1ccncc1Cc1ccccc1S)c1ccccc1. The van der Waals surface area contributed by atoms with Gasteiger partial charge in [0.15, 0.2) is 6.20 Å². The van der Waals surface area contributed by atoms with Gasteiger partial charge in [-0.1, -0.05) is 97.1 Å². The predicted molar refractivity (Wildman–Crippen MR) is 242 cm³/mol. The summed E-state index contributed by atoms with van der Waals surface area (Å²) in [6, 6.07) is 8.49. The molecule has 0 amide bonds. The van der Waals surface area contributed by atoms with E-state index in [4.69, 9.17) is 0 Å². The third kappa shape index (κ3) is 14.4. The average molecular weight is 1180 g/mol. The minimum atomic E-state index is -6.13. The molecule has 0 saturated heterocycles. The van der Waals surface area contributed by atoms with Gasteiger partial charge < -0.3 is 0 Å². The highest BCUT2D eigenvalue weighted by Gasteiger charge is 2.47. The Morgan fingerprint density at radius 3 is 0.988 bits per heavy atom. The summed E-state index contributed by atoms with van der Waals surface area (Å²) in [5.74, 6) is 0.0854. The van der Waals surface area contributed by atoms with Crippen LogP contribution in [0.5, 0.6) is 0 Å². The maximum absolute atomic E-state index is 14.2. The standard InChI is InChI=1S/C32H12BF24.C19H16N2OS/c34-25(35,36)13-1-14(26(37,38)39)6-21(5-13)33(22-7-15(27(40,41)42)2-16(8-22)28(43,44)45,23-9-17(29(46,47)48)3-18(10-23)30(49,50)51)24-11-19(31(52,53)54)4-20(12-24)32(55,56)57;22-18(15-6-2-1-3-7-15)14-21-11-10-20-13-17(21)12-16-8-4-5-9-19(16)23/h1-12H;1-11,13H,12,14H2/q-1;/p+1. The molecular weight excluding hydrogens is 1160 g/mol. The summed E-state index contributed by atoms with van der Waals surface area (Å²) < 4.78 is 343. The molecule has 1 aromatic heterocycles. The van der Waals surface area contributed by atoms with Gasteiger partial charge in [0.25, 0.3) is 0 Å². The number of rotatable bonds is 9. The first-order valence-corrected chi connectivity index (χ1v) is 22.5. The second-order valence-electron chi connectivity index (χ2n) is 17.5. The summed E-state index contributed by atoms with van der Waals surface area (Å²) in [4.78, 5) is 17.6. The molecule has 0 unspecified atom stereocenters. The summed E-state index contributed by atoms with van der Waals surface area (Å²) in [6.45, 7) is 0.302. The Hall–Kier alpha value is -7.20. The van der Waals surface area contributed by atoms with Crippen LogP contribution in [-0.4, -0.2) is 16.9 Å². The van der Waals surface area contributed by atoms with Crippen LogP contribution in [0.3, 0.4) is 0 Å². The van der Waals surface area contributed by atoms with E-state index in [1.54, 1.807) is 12.4 Å². The van der Waals surface area contributed by atoms with Gasteiger partial charge in [0.2, 0.25) is 18.0 Å². The van der Waals surface area contributed by atoms with E-state index in [0.717, 1.165) is 21.7 Å². The van der Waals surface area contributed by atoms with Crippen LogP contribution in [0.4, 0.5) is 105 Å². The van der Waals surface area contributed by atoms with Crippen molar-refractivity contribution in [2.45, 2.75) is 67.3 Å². The number of thiol groups is 1. The molecule has 7 rings (SSSR count). The predicted octanol–water partition coefficient (Wildman–Crippen LogP) is 14.3. The van der Waals surface area contributed by atoms with Crippen LogP contribution >= 0.6 is 12.6 Å². The zero-order chi connectivity index (χ0) is 60.0. The Kier molecular flexibility index (Phi) is 17.1. The van der Waals surface area contributed by atoms with E-state index in [1.165, 1.54) is 0 Å². The molecule has 0 saturated carbocycles. The monoisotopic (exact) mass is 1180 g/mol. The molecular formula is C51H29BF24N2OS. The fourth-order valence-corrected chi connectivity index (χ4v) is 8.76. The molecule has 80 heavy (non-hydrogen) atoms. The Balaban J connectivity index is 0.000000370. The quantitative estimate of drug-likeness (QED) is 0.0514. The lowest BCUT2D eigenvalue weighted by molar-refractivity contribution is -0.690. The number of carbonyl (C=O) groups excluding carboxylic acids is 1. The third-order valence-corrected chi connectivity index (χ3v) is 12.6. The van der Waals surface area contributed by atoms with Gasteiger partial charge >= 0.3 is 49.4 Å². The number of ketones is 1. The summed E-state index contributed by atoms with van der Waals surface area (Å²) >= 11 is 4.49. The Bertz CT molecular complexity index is 2940. The van der Waals surface area contributed by atoms with Crippen LogP contribution in [0, 0.1) is 0 Å². The van der Waals surface area contributed by atoms with Gasteiger partial charge in [-0.3, -0.25) is 9.78 Å². The van der Waals surface area contributed by atoms with Crippen LogP contribution in [0.1, 0.15) is 66.1 Å². The number of carbonyl (C=O) groups is 1. The number of hydrogen-bond donors (Lipinski definition) is 1. The van der Waals surface area contributed by atoms with Crippen LogP contribution in [-0.2, 0) is 62.4 Å². The van der Waals surface area contributed by atoms with Crippen molar-refractivity contribution in [1.29, 1.82) is 0 Å². The molecule has 0 aliphatic heterocycles. The van der Waals surface area contributed by atoms with Crippen molar-refractivity contribution in [3.05, 3.63) is 207 Å².